The van der Waals surface area contributed by atoms with Crippen LogP contribution in [0.4, 0.5) is 0 Å². The zero-order chi connectivity index (χ0) is 16.6. The van der Waals surface area contributed by atoms with Gasteiger partial charge in [0.15, 0.2) is 12.6 Å². The van der Waals surface area contributed by atoms with Crippen LogP contribution in [0.2, 0.25) is 0 Å². The van der Waals surface area contributed by atoms with Gasteiger partial charge in [0.2, 0.25) is 0 Å². The molecule has 22 heavy (non-hydrogen) atoms. The van der Waals surface area contributed by atoms with Crippen LogP contribution in [0, 0.1) is 0 Å². The van der Waals surface area contributed by atoms with Crippen LogP contribution >= 0.6 is 0 Å². The van der Waals surface area contributed by atoms with Crippen molar-refractivity contribution in [3.05, 3.63) is 0 Å². The molecule has 0 amide bonds. The normalized spacial score (nSPS) is 53.5. The van der Waals surface area contributed by atoms with Gasteiger partial charge in [0.1, 0.15) is 42.7 Å². The molecule has 0 aliphatic carbocycles. The molecule has 0 bridgehead atoms. The minimum Gasteiger partial charge on any atom is -0.394 e. The van der Waals surface area contributed by atoms with Crippen molar-refractivity contribution in [3.63, 3.8) is 0 Å². The van der Waals surface area contributed by atoms with E-state index in [9.17, 15) is 30.6 Å². The largest absolute Gasteiger partial charge is 0.394 e. The van der Waals surface area contributed by atoms with E-state index in [0.717, 1.165) is 0 Å². The van der Waals surface area contributed by atoms with Crippen LogP contribution in [0.5, 0.6) is 0 Å². The van der Waals surface area contributed by atoms with E-state index in [1.807, 2.05) is 0 Å². The molecule has 2 aliphatic heterocycles. The van der Waals surface area contributed by atoms with Gasteiger partial charge in [0.05, 0.1) is 12.7 Å². The molecule has 2 fully saturated rings. The third kappa shape index (κ3) is 3.26. The van der Waals surface area contributed by atoms with E-state index in [4.69, 9.17) is 19.3 Å². The van der Waals surface area contributed by atoms with Gasteiger partial charge in [0.25, 0.3) is 0 Å². The summed E-state index contributed by atoms with van der Waals surface area (Å²) in [6.45, 7) is 0.823. The lowest BCUT2D eigenvalue weighted by molar-refractivity contribution is -0.358. The minimum absolute atomic E-state index is 0.619. The average Bonchev–Trinajstić information content (AvgIpc) is 2.49. The Morgan fingerprint density at radius 3 is 2.05 bits per heavy atom. The molecular formula is C12H22O10. The van der Waals surface area contributed by atoms with Gasteiger partial charge in [0, 0.05) is 0 Å². The molecule has 130 valence electrons. The maximum Gasteiger partial charge on any atom is 0.187 e. The highest BCUT2D eigenvalue weighted by atomic mass is 16.7. The minimum atomic E-state index is -1.69. The van der Waals surface area contributed by atoms with Crippen molar-refractivity contribution in [1.82, 2.24) is 0 Å². The first-order valence-electron chi connectivity index (χ1n) is 6.93. The molecule has 2 rings (SSSR count). The molecule has 7 N–H and O–H groups in total. The van der Waals surface area contributed by atoms with E-state index >= 15 is 0 Å². The van der Waals surface area contributed by atoms with E-state index in [0.29, 0.717) is 0 Å². The first-order valence-corrected chi connectivity index (χ1v) is 6.93. The number of ether oxygens (including phenoxy) is 3. The second-order valence-corrected chi connectivity index (χ2v) is 5.51. The molecule has 2 aliphatic rings. The number of aliphatic hydroxyl groups excluding tert-OH is 7. The van der Waals surface area contributed by atoms with E-state index in [-0.39, 0.29) is 0 Å². The lowest BCUT2D eigenvalue weighted by Gasteiger charge is -2.44. The molecule has 0 spiro atoms. The zero-order valence-corrected chi connectivity index (χ0v) is 11.8. The maximum atomic E-state index is 9.93. The van der Waals surface area contributed by atoms with E-state index in [1.54, 1.807) is 0 Å². The lowest BCUT2D eigenvalue weighted by atomic mass is 9.97. The summed E-state index contributed by atoms with van der Waals surface area (Å²) < 4.78 is 15.3. The SMILES string of the molecule is C[C@@H]1O[C@@H](O[C@@H]2[C@@H](O)[C@H](O)[C@@H](CO)O[C@H]2O)[C@H](O)C(O)[C@H]1O. The summed E-state index contributed by atoms with van der Waals surface area (Å²) in [6.07, 6.45) is -14.3. The quantitative estimate of drug-likeness (QED) is 0.269. The Bertz CT molecular complexity index is 368. The van der Waals surface area contributed by atoms with Crippen LogP contribution in [-0.4, -0.2) is 104 Å². The fourth-order valence-corrected chi connectivity index (χ4v) is 2.50. The third-order valence-electron chi connectivity index (χ3n) is 3.94. The van der Waals surface area contributed by atoms with Gasteiger partial charge < -0.3 is 50.0 Å². The summed E-state index contributed by atoms with van der Waals surface area (Å²) in [5.41, 5.74) is 0. The second kappa shape index (κ2) is 7.01. The van der Waals surface area contributed by atoms with Crippen molar-refractivity contribution in [1.29, 1.82) is 0 Å². The van der Waals surface area contributed by atoms with Crippen LogP contribution < -0.4 is 0 Å². The van der Waals surface area contributed by atoms with Crippen molar-refractivity contribution >= 4 is 0 Å². The van der Waals surface area contributed by atoms with Crippen LogP contribution in [0.25, 0.3) is 0 Å². The molecule has 0 aromatic rings. The van der Waals surface area contributed by atoms with Crippen LogP contribution in [-0.2, 0) is 14.2 Å². The number of hydrogen-bond acceptors (Lipinski definition) is 10. The Labute approximate surface area is 126 Å². The van der Waals surface area contributed by atoms with Crippen LogP contribution in [0.15, 0.2) is 0 Å². The summed E-state index contributed by atoms with van der Waals surface area (Å²) >= 11 is 0. The van der Waals surface area contributed by atoms with Gasteiger partial charge >= 0.3 is 0 Å². The Balaban J connectivity index is 2.06. The molecule has 0 aromatic heterocycles. The molecule has 1 unspecified atom stereocenters. The first-order chi connectivity index (χ1) is 10.3. The molecule has 10 atom stereocenters. The molecular weight excluding hydrogens is 304 g/mol. The molecule has 2 heterocycles. The predicted molar refractivity (Wildman–Crippen MR) is 67.2 cm³/mol. The van der Waals surface area contributed by atoms with Crippen molar-refractivity contribution in [2.75, 3.05) is 6.61 Å². The average molecular weight is 326 g/mol. The summed E-state index contributed by atoms with van der Waals surface area (Å²) in [5, 5.41) is 67.5. The van der Waals surface area contributed by atoms with Gasteiger partial charge in [-0.25, -0.2) is 0 Å². The Morgan fingerprint density at radius 1 is 0.818 bits per heavy atom. The summed E-state index contributed by atoms with van der Waals surface area (Å²) in [5.74, 6) is 0. The number of rotatable bonds is 3. The van der Waals surface area contributed by atoms with Crippen molar-refractivity contribution < 1.29 is 50.0 Å². The number of aliphatic hydroxyl groups is 7. The lowest BCUT2D eigenvalue weighted by Crippen LogP contribution is -2.63. The standard InChI is InChI=1S/C12H22O10/c1-3-5(14)7(16)9(18)12(20-3)22-10-8(17)6(15)4(2-13)21-11(10)19/h3-19H,2H2,1H3/t3-,4+,5-,6+,7?,8-,9+,10+,11+,12-/m0/s1. The first kappa shape index (κ1) is 17.9. The van der Waals surface area contributed by atoms with Gasteiger partial charge in [-0.15, -0.1) is 0 Å². The molecule has 10 heteroatoms. The highest BCUT2D eigenvalue weighted by Crippen LogP contribution is 2.28. The fraction of sp³-hybridized carbons (Fsp3) is 1.00. The molecule has 0 radical (unpaired) electrons. The highest BCUT2D eigenvalue weighted by molar-refractivity contribution is 4.92. The fourth-order valence-electron chi connectivity index (χ4n) is 2.50. The van der Waals surface area contributed by atoms with Gasteiger partial charge in [-0.1, -0.05) is 0 Å². The van der Waals surface area contributed by atoms with Crippen molar-refractivity contribution in [2.24, 2.45) is 0 Å². The topological polar surface area (TPSA) is 169 Å². The monoisotopic (exact) mass is 326 g/mol. The molecule has 0 aromatic carbocycles. The van der Waals surface area contributed by atoms with Gasteiger partial charge in [-0.05, 0) is 6.92 Å². The Hall–Kier alpha value is -0.400. The van der Waals surface area contributed by atoms with Crippen molar-refractivity contribution in [2.45, 2.75) is 68.3 Å². The number of hydrogen-bond donors (Lipinski definition) is 7. The molecule has 10 nitrogen and oxygen atoms in total. The van der Waals surface area contributed by atoms with Gasteiger partial charge in [-0.2, -0.15) is 0 Å². The summed E-state index contributed by atoms with van der Waals surface area (Å²) in [7, 11) is 0. The zero-order valence-electron chi connectivity index (χ0n) is 11.8. The van der Waals surface area contributed by atoms with E-state index < -0.39 is 68.0 Å². The van der Waals surface area contributed by atoms with Crippen molar-refractivity contribution in [3.8, 4) is 0 Å². The molecule has 0 saturated carbocycles. The smallest absolute Gasteiger partial charge is 0.187 e. The summed E-state index contributed by atoms with van der Waals surface area (Å²) in [4.78, 5) is 0. The highest BCUT2D eigenvalue weighted by Gasteiger charge is 2.49. The van der Waals surface area contributed by atoms with Crippen LogP contribution in [0.1, 0.15) is 6.92 Å². The van der Waals surface area contributed by atoms with Crippen LogP contribution in [0.3, 0.4) is 0 Å². The maximum absolute atomic E-state index is 9.93. The summed E-state index contributed by atoms with van der Waals surface area (Å²) in [6, 6.07) is 0. The molecule has 2 saturated heterocycles. The van der Waals surface area contributed by atoms with E-state index in [1.165, 1.54) is 6.92 Å². The Kier molecular flexibility index (Phi) is 5.72. The van der Waals surface area contributed by atoms with Gasteiger partial charge in [-0.3, -0.25) is 0 Å². The second-order valence-electron chi connectivity index (χ2n) is 5.51. The van der Waals surface area contributed by atoms with E-state index in [2.05, 4.69) is 0 Å². The predicted octanol–water partition coefficient (Wildman–Crippen LogP) is -4.37. The Morgan fingerprint density at radius 2 is 1.45 bits per heavy atom. The third-order valence-corrected chi connectivity index (χ3v) is 3.94.